The Kier molecular flexibility index (Phi) is 7.03. The third-order valence-electron chi connectivity index (χ3n) is 8.39. The highest BCUT2D eigenvalue weighted by Gasteiger charge is 2.22. The molecule has 1 aliphatic rings. The van der Waals surface area contributed by atoms with Crippen molar-refractivity contribution in [1.29, 1.82) is 0 Å². The fourth-order valence-electron chi connectivity index (χ4n) is 5.95. The number of aromatic nitrogens is 2. The monoisotopic (exact) mass is 585 g/mol. The SMILES string of the molecule is O=C(CC1CCC1)Nc1ccc(-c2cnc3[nH]c4ccc(CS(=O)(=O)c5ccccc5)cc4c3c2-c2ccccc2)cc1. The van der Waals surface area contributed by atoms with Crippen LogP contribution in [0.1, 0.15) is 31.2 Å². The topological polar surface area (TPSA) is 91.9 Å². The first-order valence-electron chi connectivity index (χ1n) is 14.6. The molecule has 214 valence electrons. The van der Waals surface area contributed by atoms with Gasteiger partial charge in [-0.2, -0.15) is 0 Å². The van der Waals surface area contributed by atoms with Crippen LogP contribution in [0.15, 0.2) is 114 Å². The molecule has 0 spiro atoms. The summed E-state index contributed by atoms with van der Waals surface area (Å²) in [7, 11) is -3.51. The van der Waals surface area contributed by atoms with Crippen LogP contribution in [0.4, 0.5) is 5.69 Å². The second-order valence-corrected chi connectivity index (χ2v) is 13.3. The van der Waals surface area contributed by atoms with Crippen molar-refractivity contribution in [2.45, 2.75) is 36.3 Å². The Morgan fingerprint density at radius 2 is 1.58 bits per heavy atom. The van der Waals surface area contributed by atoms with Crippen LogP contribution < -0.4 is 5.32 Å². The molecule has 2 heterocycles. The van der Waals surface area contributed by atoms with Crippen LogP contribution >= 0.6 is 0 Å². The number of nitrogens with one attached hydrogen (secondary N) is 2. The van der Waals surface area contributed by atoms with Gasteiger partial charge >= 0.3 is 0 Å². The number of carbonyl (C=O) groups excluding carboxylic acids is 1. The third-order valence-corrected chi connectivity index (χ3v) is 10.1. The molecule has 6 nitrogen and oxygen atoms in total. The predicted octanol–water partition coefficient (Wildman–Crippen LogP) is 8.15. The van der Waals surface area contributed by atoms with E-state index in [-0.39, 0.29) is 11.7 Å². The summed E-state index contributed by atoms with van der Waals surface area (Å²) in [5.41, 5.74) is 7.09. The fraction of sp³-hybridized carbons (Fsp3) is 0.167. The van der Waals surface area contributed by atoms with E-state index in [0.717, 1.165) is 62.7 Å². The van der Waals surface area contributed by atoms with Gasteiger partial charge in [-0.05, 0) is 71.8 Å². The van der Waals surface area contributed by atoms with Gasteiger partial charge in [0.2, 0.25) is 5.91 Å². The molecule has 0 unspecified atom stereocenters. The van der Waals surface area contributed by atoms with Crippen molar-refractivity contribution in [2.24, 2.45) is 5.92 Å². The van der Waals surface area contributed by atoms with E-state index in [1.54, 1.807) is 24.3 Å². The number of benzene rings is 4. The van der Waals surface area contributed by atoms with Gasteiger partial charge in [-0.3, -0.25) is 4.79 Å². The van der Waals surface area contributed by atoms with E-state index in [1.165, 1.54) is 6.42 Å². The molecular weight excluding hydrogens is 554 g/mol. The lowest BCUT2D eigenvalue weighted by atomic mass is 9.83. The maximum absolute atomic E-state index is 13.2. The first kappa shape index (κ1) is 27.1. The molecule has 2 N–H and O–H groups in total. The van der Waals surface area contributed by atoms with Crippen molar-refractivity contribution in [2.75, 3.05) is 5.32 Å². The number of fused-ring (bicyclic) bond motifs is 3. The third kappa shape index (κ3) is 5.44. The van der Waals surface area contributed by atoms with Crippen molar-refractivity contribution >= 4 is 43.4 Å². The molecule has 7 rings (SSSR count). The number of pyridine rings is 1. The summed E-state index contributed by atoms with van der Waals surface area (Å²) >= 11 is 0. The van der Waals surface area contributed by atoms with Crippen molar-refractivity contribution in [3.05, 3.63) is 115 Å². The first-order valence-corrected chi connectivity index (χ1v) is 16.3. The standard InChI is InChI=1S/C36H31N3O3S/c40-33(21-24-8-7-9-24)38-28-17-15-26(16-18-28)31-22-37-36-35(34(31)27-10-3-1-4-11-27)30-20-25(14-19-32(30)39-36)23-43(41,42)29-12-5-2-6-13-29/h1-6,10-20,22,24H,7-9,21,23H2,(H,37,39)(H,38,40). The number of hydrogen-bond donors (Lipinski definition) is 2. The Labute approximate surface area is 250 Å². The summed E-state index contributed by atoms with van der Waals surface area (Å²) in [5.74, 6) is 0.483. The van der Waals surface area contributed by atoms with Gasteiger partial charge in [0.1, 0.15) is 5.65 Å². The molecule has 7 heteroatoms. The van der Waals surface area contributed by atoms with Crippen LogP contribution in [0.2, 0.25) is 0 Å². The van der Waals surface area contributed by atoms with E-state index in [4.69, 9.17) is 4.98 Å². The number of nitrogens with zero attached hydrogens (tertiary/aromatic N) is 1. The number of sulfone groups is 1. The minimum Gasteiger partial charge on any atom is -0.339 e. The Hall–Kier alpha value is -4.75. The van der Waals surface area contributed by atoms with Crippen molar-refractivity contribution in [3.63, 3.8) is 0 Å². The molecule has 1 saturated carbocycles. The van der Waals surface area contributed by atoms with E-state index in [0.29, 0.717) is 22.8 Å². The second kappa shape index (κ2) is 11.2. The Morgan fingerprint density at radius 1 is 0.860 bits per heavy atom. The van der Waals surface area contributed by atoms with E-state index in [1.807, 2.05) is 72.9 Å². The molecule has 1 amide bonds. The average molecular weight is 586 g/mol. The van der Waals surface area contributed by atoms with Gasteiger partial charge < -0.3 is 10.3 Å². The molecule has 1 aliphatic carbocycles. The molecule has 0 radical (unpaired) electrons. The summed E-state index contributed by atoms with van der Waals surface area (Å²) < 4.78 is 26.4. The lowest BCUT2D eigenvalue weighted by Gasteiger charge is -2.24. The second-order valence-electron chi connectivity index (χ2n) is 11.3. The number of carbonyl (C=O) groups is 1. The van der Waals surface area contributed by atoms with Crippen LogP contribution in [-0.4, -0.2) is 24.3 Å². The fourth-order valence-corrected chi connectivity index (χ4v) is 7.31. The summed E-state index contributed by atoms with van der Waals surface area (Å²) in [4.78, 5) is 21.0. The molecular formula is C36H31N3O3S. The molecule has 1 fully saturated rings. The number of H-pyrrole nitrogens is 1. The lowest BCUT2D eigenvalue weighted by molar-refractivity contribution is -0.117. The maximum atomic E-state index is 13.2. The Balaban J connectivity index is 1.31. The number of anilines is 1. The number of rotatable bonds is 8. The molecule has 0 atom stereocenters. The highest BCUT2D eigenvalue weighted by Crippen LogP contribution is 2.41. The molecule has 43 heavy (non-hydrogen) atoms. The zero-order valence-corrected chi connectivity index (χ0v) is 24.4. The van der Waals surface area contributed by atoms with Crippen LogP contribution in [0.5, 0.6) is 0 Å². The summed E-state index contributed by atoms with van der Waals surface area (Å²) in [6.07, 6.45) is 5.96. The summed E-state index contributed by atoms with van der Waals surface area (Å²) in [6.45, 7) is 0. The predicted molar refractivity (Wildman–Crippen MR) is 172 cm³/mol. The summed E-state index contributed by atoms with van der Waals surface area (Å²) in [6, 6.07) is 32.4. The molecule has 0 bridgehead atoms. The highest BCUT2D eigenvalue weighted by molar-refractivity contribution is 7.90. The van der Waals surface area contributed by atoms with Crippen LogP contribution in [0.3, 0.4) is 0 Å². The van der Waals surface area contributed by atoms with E-state index < -0.39 is 9.84 Å². The molecule has 0 aliphatic heterocycles. The van der Waals surface area contributed by atoms with Crippen LogP contribution in [0.25, 0.3) is 44.2 Å². The van der Waals surface area contributed by atoms with Gasteiger partial charge in [0.05, 0.1) is 10.6 Å². The largest absolute Gasteiger partial charge is 0.339 e. The van der Waals surface area contributed by atoms with Crippen LogP contribution in [0, 0.1) is 5.92 Å². The van der Waals surface area contributed by atoms with E-state index in [2.05, 4.69) is 22.4 Å². The molecule has 2 aromatic heterocycles. The van der Waals surface area contributed by atoms with Gasteiger partial charge in [-0.1, -0.05) is 73.2 Å². The Morgan fingerprint density at radius 3 is 2.28 bits per heavy atom. The summed E-state index contributed by atoms with van der Waals surface area (Å²) in [5, 5.41) is 4.90. The van der Waals surface area contributed by atoms with E-state index >= 15 is 0 Å². The minimum absolute atomic E-state index is 0.0642. The van der Waals surface area contributed by atoms with Gasteiger partial charge in [-0.25, -0.2) is 13.4 Å². The maximum Gasteiger partial charge on any atom is 0.224 e. The van der Waals surface area contributed by atoms with E-state index in [9.17, 15) is 13.2 Å². The highest BCUT2D eigenvalue weighted by atomic mass is 32.2. The molecule has 6 aromatic rings. The minimum atomic E-state index is -3.51. The average Bonchev–Trinajstić information content (AvgIpc) is 3.38. The van der Waals surface area contributed by atoms with Crippen LogP contribution in [-0.2, 0) is 20.4 Å². The zero-order chi connectivity index (χ0) is 29.4. The first-order chi connectivity index (χ1) is 20.9. The van der Waals surface area contributed by atoms with Crippen molar-refractivity contribution < 1.29 is 13.2 Å². The normalized spacial score (nSPS) is 13.7. The van der Waals surface area contributed by atoms with Crippen molar-refractivity contribution in [1.82, 2.24) is 9.97 Å². The molecule has 4 aromatic carbocycles. The van der Waals surface area contributed by atoms with Gasteiger partial charge in [0.15, 0.2) is 9.84 Å². The van der Waals surface area contributed by atoms with Gasteiger partial charge in [0.25, 0.3) is 0 Å². The van der Waals surface area contributed by atoms with Gasteiger partial charge in [0, 0.05) is 45.7 Å². The van der Waals surface area contributed by atoms with Gasteiger partial charge in [-0.15, -0.1) is 0 Å². The van der Waals surface area contributed by atoms with Crippen molar-refractivity contribution in [3.8, 4) is 22.3 Å². The number of hydrogen-bond acceptors (Lipinski definition) is 4. The number of aromatic amines is 1. The quantitative estimate of drug-likeness (QED) is 0.189. The number of amides is 1. The Bertz CT molecular complexity index is 2050. The zero-order valence-electron chi connectivity index (χ0n) is 23.6. The molecule has 0 saturated heterocycles. The smallest absolute Gasteiger partial charge is 0.224 e. The lowest BCUT2D eigenvalue weighted by Crippen LogP contribution is -2.20.